The van der Waals surface area contributed by atoms with E-state index in [1.807, 2.05) is 0 Å². The van der Waals surface area contributed by atoms with Gasteiger partial charge in [0.2, 0.25) is 5.91 Å². The number of rotatable bonds is 11. The SMILES string of the molecule is CC(C)NC(C)(C)CCC(C)N1CCN(C(=O)C(C)(C)CCC(C)N2CCCCCC2)CC1. The lowest BCUT2D eigenvalue weighted by molar-refractivity contribution is -0.143. The monoisotopic (exact) mass is 464 g/mol. The summed E-state index contributed by atoms with van der Waals surface area (Å²) in [5, 5.41) is 3.69. The van der Waals surface area contributed by atoms with E-state index in [0.717, 1.165) is 39.0 Å². The van der Waals surface area contributed by atoms with Crippen LogP contribution in [-0.4, -0.2) is 83.5 Å². The Morgan fingerprint density at radius 2 is 1.21 bits per heavy atom. The van der Waals surface area contributed by atoms with Crippen LogP contribution in [0.4, 0.5) is 0 Å². The van der Waals surface area contributed by atoms with E-state index in [2.05, 4.69) is 75.4 Å². The largest absolute Gasteiger partial charge is 0.340 e. The van der Waals surface area contributed by atoms with Gasteiger partial charge in [0.1, 0.15) is 0 Å². The summed E-state index contributed by atoms with van der Waals surface area (Å²) in [4.78, 5) is 20.8. The van der Waals surface area contributed by atoms with Crippen LogP contribution in [0.3, 0.4) is 0 Å². The van der Waals surface area contributed by atoms with Gasteiger partial charge in [-0.15, -0.1) is 0 Å². The van der Waals surface area contributed by atoms with E-state index < -0.39 is 0 Å². The third-order valence-electron chi connectivity index (χ3n) is 8.12. The molecule has 0 spiro atoms. The number of carbonyl (C=O) groups excluding carboxylic acids is 1. The van der Waals surface area contributed by atoms with Crippen LogP contribution < -0.4 is 5.32 Å². The Morgan fingerprint density at radius 1 is 0.727 bits per heavy atom. The van der Waals surface area contributed by atoms with Crippen LogP contribution in [0.25, 0.3) is 0 Å². The molecule has 5 heteroatoms. The van der Waals surface area contributed by atoms with Crippen LogP contribution in [-0.2, 0) is 4.79 Å². The predicted octanol–water partition coefficient (Wildman–Crippen LogP) is 5.15. The number of amides is 1. The molecule has 33 heavy (non-hydrogen) atoms. The molecular weight excluding hydrogens is 408 g/mol. The van der Waals surface area contributed by atoms with Crippen molar-refractivity contribution in [2.45, 2.75) is 130 Å². The van der Waals surface area contributed by atoms with Crippen molar-refractivity contribution in [3.05, 3.63) is 0 Å². The minimum absolute atomic E-state index is 0.175. The summed E-state index contributed by atoms with van der Waals surface area (Å²) in [5.74, 6) is 0.361. The van der Waals surface area contributed by atoms with E-state index in [0.29, 0.717) is 24.0 Å². The first kappa shape index (κ1) is 28.6. The van der Waals surface area contributed by atoms with Gasteiger partial charge >= 0.3 is 0 Å². The normalized spacial score (nSPS) is 21.8. The van der Waals surface area contributed by atoms with Crippen molar-refractivity contribution in [2.24, 2.45) is 5.41 Å². The average Bonchev–Trinajstić information content (AvgIpc) is 3.04. The molecule has 0 radical (unpaired) electrons. The smallest absolute Gasteiger partial charge is 0.228 e. The van der Waals surface area contributed by atoms with Crippen LogP contribution >= 0.6 is 0 Å². The van der Waals surface area contributed by atoms with Crippen LogP contribution in [0.15, 0.2) is 0 Å². The highest BCUT2D eigenvalue weighted by atomic mass is 16.2. The Bertz CT molecular complexity index is 572. The van der Waals surface area contributed by atoms with E-state index >= 15 is 0 Å². The van der Waals surface area contributed by atoms with Crippen LogP contribution in [0, 0.1) is 5.41 Å². The maximum atomic E-state index is 13.4. The van der Waals surface area contributed by atoms with Crippen LogP contribution in [0.1, 0.15) is 107 Å². The van der Waals surface area contributed by atoms with E-state index in [1.54, 1.807) is 0 Å². The summed E-state index contributed by atoms with van der Waals surface area (Å²) >= 11 is 0. The lowest BCUT2D eigenvalue weighted by atomic mass is 9.84. The molecule has 2 saturated heterocycles. The molecule has 1 amide bonds. The van der Waals surface area contributed by atoms with Crippen molar-refractivity contribution in [2.75, 3.05) is 39.3 Å². The zero-order chi connectivity index (χ0) is 24.6. The fourth-order valence-corrected chi connectivity index (χ4v) is 5.79. The third-order valence-corrected chi connectivity index (χ3v) is 8.12. The molecule has 2 heterocycles. The first-order chi connectivity index (χ1) is 15.4. The van der Waals surface area contributed by atoms with Gasteiger partial charge in [-0.05, 0) is 79.3 Å². The molecule has 1 N–H and O–H groups in total. The molecule has 5 nitrogen and oxygen atoms in total. The van der Waals surface area contributed by atoms with E-state index in [-0.39, 0.29) is 11.0 Å². The molecule has 2 aliphatic heterocycles. The number of nitrogens with zero attached hydrogens (tertiary/aromatic N) is 3. The highest BCUT2D eigenvalue weighted by Crippen LogP contribution is 2.29. The zero-order valence-corrected chi connectivity index (χ0v) is 23.4. The van der Waals surface area contributed by atoms with Crippen molar-refractivity contribution in [3.63, 3.8) is 0 Å². The Hall–Kier alpha value is -0.650. The standard InChI is InChI=1S/C28H56N4O/c1-23(2)29-28(7,8)16-14-25(4)31-19-21-32(22-20-31)26(33)27(5,6)15-13-24(3)30-17-11-9-10-12-18-30/h23-25,29H,9-22H2,1-8H3. The molecule has 0 bridgehead atoms. The Morgan fingerprint density at radius 3 is 1.73 bits per heavy atom. The molecule has 2 atom stereocenters. The van der Waals surface area contributed by atoms with E-state index in [9.17, 15) is 4.79 Å². The summed E-state index contributed by atoms with van der Waals surface area (Å²) < 4.78 is 0. The first-order valence-electron chi connectivity index (χ1n) is 14.0. The molecule has 194 valence electrons. The van der Waals surface area contributed by atoms with Gasteiger partial charge in [0.25, 0.3) is 0 Å². The molecule has 2 rings (SSSR count). The van der Waals surface area contributed by atoms with Crippen molar-refractivity contribution in [3.8, 4) is 0 Å². The molecule has 0 aliphatic carbocycles. The van der Waals surface area contributed by atoms with Gasteiger partial charge in [0.05, 0.1) is 0 Å². The lowest BCUT2D eigenvalue weighted by Crippen LogP contribution is -2.54. The second kappa shape index (κ2) is 12.9. The highest BCUT2D eigenvalue weighted by Gasteiger charge is 2.35. The third kappa shape index (κ3) is 9.49. The van der Waals surface area contributed by atoms with Gasteiger partial charge in [-0.25, -0.2) is 0 Å². The summed E-state index contributed by atoms with van der Waals surface area (Å²) in [6.45, 7) is 24.4. The van der Waals surface area contributed by atoms with Gasteiger partial charge in [0.15, 0.2) is 0 Å². The van der Waals surface area contributed by atoms with Crippen LogP contribution in [0.2, 0.25) is 0 Å². The van der Waals surface area contributed by atoms with Crippen molar-refractivity contribution in [1.29, 1.82) is 0 Å². The molecule has 0 aromatic heterocycles. The van der Waals surface area contributed by atoms with E-state index in [1.165, 1.54) is 51.6 Å². The Kier molecular flexibility index (Phi) is 11.2. The lowest BCUT2D eigenvalue weighted by Gasteiger charge is -2.42. The fraction of sp³-hybridized carbons (Fsp3) is 0.964. The average molecular weight is 465 g/mol. The second-order valence-electron chi connectivity index (χ2n) is 12.6. The van der Waals surface area contributed by atoms with Crippen LogP contribution in [0.5, 0.6) is 0 Å². The Labute approximate surface area is 206 Å². The minimum atomic E-state index is -0.263. The summed E-state index contributed by atoms with van der Waals surface area (Å²) in [6.07, 6.45) is 9.90. The quantitative estimate of drug-likeness (QED) is 0.459. The molecular formula is C28H56N4O. The Balaban J connectivity index is 1.76. The minimum Gasteiger partial charge on any atom is -0.340 e. The number of carbonyl (C=O) groups is 1. The van der Waals surface area contributed by atoms with Gasteiger partial charge in [-0.1, -0.05) is 40.5 Å². The van der Waals surface area contributed by atoms with Gasteiger partial charge in [0, 0.05) is 55.3 Å². The maximum absolute atomic E-state index is 13.4. The summed E-state index contributed by atoms with van der Waals surface area (Å²) in [6, 6.07) is 1.67. The second-order valence-corrected chi connectivity index (χ2v) is 12.6. The van der Waals surface area contributed by atoms with E-state index in [4.69, 9.17) is 0 Å². The number of piperazine rings is 1. The molecule has 0 aromatic rings. The molecule has 2 unspecified atom stereocenters. The number of nitrogens with one attached hydrogen (secondary N) is 1. The topological polar surface area (TPSA) is 38.8 Å². The first-order valence-corrected chi connectivity index (χ1v) is 14.0. The van der Waals surface area contributed by atoms with Gasteiger partial charge in [-0.3, -0.25) is 9.69 Å². The predicted molar refractivity (Wildman–Crippen MR) is 142 cm³/mol. The maximum Gasteiger partial charge on any atom is 0.228 e. The van der Waals surface area contributed by atoms with Gasteiger partial charge in [-0.2, -0.15) is 0 Å². The van der Waals surface area contributed by atoms with Crippen molar-refractivity contribution < 1.29 is 4.79 Å². The van der Waals surface area contributed by atoms with Crippen molar-refractivity contribution >= 4 is 5.91 Å². The summed E-state index contributed by atoms with van der Waals surface area (Å²) in [7, 11) is 0. The fourth-order valence-electron chi connectivity index (χ4n) is 5.79. The molecule has 0 aromatic carbocycles. The number of hydrogen-bond donors (Lipinski definition) is 1. The zero-order valence-electron chi connectivity index (χ0n) is 23.4. The number of likely N-dealkylation sites (tertiary alicyclic amines) is 1. The molecule has 2 aliphatic rings. The number of hydrogen-bond acceptors (Lipinski definition) is 4. The summed E-state index contributed by atoms with van der Waals surface area (Å²) in [5.41, 5.74) is -0.0882. The highest BCUT2D eigenvalue weighted by molar-refractivity contribution is 5.82. The van der Waals surface area contributed by atoms with Gasteiger partial charge < -0.3 is 15.1 Å². The molecule has 2 fully saturated rings. The van der Waals surface area contributed by atoms with Crippen molar-refractivity contribution in [1.82, 2.24) is 20.0 Å². The molecule has 0 saturated carbocycles.